The Hall–Kier alpha value is -0.120. The summed E-state index contributed by atoms with van der Waals surface area (Å²) in [5.41, 5.74) is 0. The molecular weight excluding hydrogens is 202 g/mol. The Morgan fingerprint density at radius 2 is 1.88 bits per heavy atom. The SMILES string of the molecule is CCCNC(CCC(C)C)CC1OCCO1. The van der Waals surface area contributed by atoms with E-state index in [4.69, 9.17) is 9.47 Å². The van der Waals surface area contributed by atoms with Gasteiger partial charge in [-0.3, -0.25) is 0 Å². The summed E-state index contributed by atoms with van der Waals surface area (Å²) in [5.74, 6) is 0.774. The molecule has 1 saturated heterocycles. The maximum Gasteiger partial charge on any atom is 0.159 e. The van der Waals surface area contributed by atoms with Gasteiger partial charge in [0.2, 0.25) is 0 Å². The number of nitrogens with one attached hydrogen (secondary N) is 1. The van der Waals surface area contributed by atoms with Crippen LogP contribution in [0.4, 0.5) is 0 Å². The molecule has 3 heteroatoms. The quantitative estimate of drug-likeness (QED) is 0.694. The predicted octanol–water partition coefficient (Wildman–Crippen LogP) is 2.55. The van der Waals surface area contributed by atoms with Crippen molar-refractivity contribution in [3.8, 4) is 0 Å². The average molecular weight is 229 g/mol. The van der Waals surface area contributed by atoms with Gasteiger partial charge in [-0.2, -0.15) is 0 Å². The van der Waals surface area contributed by atoms with Crippen LogP contribution in [0, 0.1) is 5.92 Å². The fraction of sp³-hybridized carbons (Fsp3) is 1.00. The van der Waals surface area contributed by atoms with E-state index in [-0.39, 0.29) is 6.29 Å². The summed E-state index contributed by atoms with van der Waals surface area (Å²) < 4.78 is 11.0. The van der Waals surface area contributed by atoms with Gasteiger partial charge in [0, 0.05) is 12.5 Å². The normalized spacial score (nSPS) is 19.5. The zero-order chi connectivity index (χ0) is 11.8. The van der Waals surface area contributed by atoms with Crippen molar-refractivity contribution in [3.05, 3.63) is 0 Å². The topological polar surface area (TPSA) is 30.5 Å². The molecule has 1 heterocycles. The molecule has 0 spiro atoms. The van der Waals surface area contributed by atoms with Gasteiger partial charge in [0.25, 0.3) is 0 Å². The standard InChI is InChI=1S/C13H27NO2/c1-4-7-14-12(6-5-11(2)3)10-13-15-8-9-16-13/h11-14H,4-10H2,1-3H3. The van der Waals surface area contributed by atoms with E-state index in [0.717, 1.165) is 32.1 Å². The molecule has 0 radical (unpaired) electrons. The first-order valence-corrected chi connectivity index (χ1v) is 6.69. The predicted molar refractivity (Wildman–Crippen MR) is 66.5 cm³/mol. The molecule has 16 heavy (non-hydrogen) atoms. The molecule has 3 nitrogen and oxygen atoms in total. The van der Waals surface area contributed by atoms with Crippen LogP contribution < -0.4 is 5.32 Å². The second-order valence-electron chi connectivity index (χ2n) is 5.03. The van der Waals surface area contributed by atoms with Crippen LogP contribution >= 0.6 is 0 Å². The van der Waals surface area contributed by atoms with Crippen molar-refractivity contribution in [3.63, 3.8) is 0 Å². The van der Waals surface area contributed by atoms with E-state index in [1.54, 1.807) is 0 Å². The van der Waals surface area contributed by atoms with Crippen molar-refractivity contribution in [1.82, 2.24) is 5.32 Å². The molecular formula is C13H27NO2. The van der Waals surface area contributed by atoms with Crippen LogP contribution in [0.1, 0.15) is 46.5 Å². The van der Waals surface area contributed by atoms with Gasteiger partial charge in [-0.05, 0) is 31.7 Å². The lowest BCUT2D eigenvalue weighted by Gasteiger charge is -2.22. The Labute approximate surface area is 99.9 Å². The highest BCUT2D eigenvalue weighted by molar-refractivity contribution is 4.70. The third kappa shape index (κ3) is 5.83. The van der Waals surface area contributed by atoms with Crippen LogP contribution in [-0.4, -0.2) is 32.1 Å². The molecule has 1 atom stereocenters. The largest absolute Gasteiger partial charge is 0.350 e. The van der Waals surface area contributed by atoms with Crippen molar-refractivity contribution >= 4 is 0 Å². The Balaban J connectivity index is 2.24. The molecule has 1 N–H and O–H groups in total. The summed E-state index contributed by atoms with van der Waals surface area (Å²) in [6, 6.07) is 0.547. The Morgan fingerprint density at radius 3 is 2.44 bits per heavy atom. The van der Waals surface area contributed by atoms with Gasteiger partial charge < -0.3 is 14.8 Å². The second-order valence-corrected chi connectivity index (χ2v) is 5.03. The van der Waals surface area contributed by atoms with Crippen LogP contribution in [0.2, 0.25) is 0 Å². The first-order valence-electron chi connectivity index (χ1n) is 6.69. The number of rotatable bonds is 8. The third-order valence-corrected chi connectivity index (χ3v) is 2.94. The number of hydrogen-bond donors (Lipinski definition) is 1. The van der Waals surface area contributed by atoms with Crippen LogP contribution in [0.5, 0.6) is 0 Å². The molecule has 1 fully saturated rings. The minimum absolute atomic E-state index is 0.0292. The van der Waals surface area contributed by atoms with Gasteiger partial charge in [-0.1, -0.05) is 20.8 Å². The molecule has 1 unspecified atom stereocenters. The summed E-state index contributed by atoms with van der Waals surface area (Å²) in [4.78, 5) is 0. The van der Waals surface area contributed by atoms with Gasteiger partial charge >= 0.3 is 0 Å². The number of ether oxygens (including phenoxy) is 2. The van der Waals surface area contributed by atoms with Gasteiger partial charge in [0.15, 0.2) is 6.29 Å². The van der Waals surface area contributed by atoms with Crippen molar-refractivity contribution in [2.75, 3.05) is 19.8 Å². The molecule has 0 amide bonds. The lowest BCUT2D eigenvalue weighted by Crippen LogP contribution is -2.34. The minimum Gasteiger partial charge on any atom is -0.350 e. The lowest BCUT2D eigenvalue weighted by atomic mass is 10.0. The second kappa shape index (κ2) is 8.04. The Bertz CT molecular complexity index is 167. The first-order chi connectivity index (χ1) is 7.72. The minimum atomic E-state index is 0.0292. The molecule has 0 saturated carbocycles. The van der Waals surface area contributed by atoms with E-state index >= 15 is 0 Å². The average Bonchev–Trinajstić information content (AvgIpc) is 2.74. The van der Waals surface area contributed by atoms with Crippen LogP contribution in [0.3, 0.4) is 0 Å². The molecule has 0 aromatic carbocycles. The van der Waals surface area contributed by atoms with E-state index in [9.17, 15) is 0 Å². The van der Waals surface area contributed by atoms with Crippen LogP contribution in [-0.2, 0) is 9.47 Å². The maximum absolute atomic E-state index is 5.51. The summed E-state index contributed by atoms with van der Waals surface area (Å²) in [7, 11) is 0. The number of hydrogen-bond acceptors (Lipinski definition) is 3. The summed E-state index contributed by atoms with van der Waals surface area (Å²) in [5, 5.41) is 3.59. The third-order valence-electron chi connectivity index (χ3n) is 2.94. The molecule has 0 bridgehead atoms. The zero-order valence-corrected chi connectivity index (χ0v) is 11.0. The summed E-state index contributed by atoms with van der Waals surface area (Å²) >= 11 is 0. The molecule has 0 aromatic heterocycles. The highest BCUT2D eigenvalue weighted by Gasteiger charge is 2.20. The molecule has 1 aliphatic rings. The van der Waals surface area contributed by atoms with Gasteiger partial charge in [-0.25, -0.2) is 0 Å². The summed E-state index contributed by atoms with van der Waals surface area (Å²) in [6.45, 7) is 9.37. The van der Waals surface area contributed by atoms with E-state index in [1.807, 2.05) is 0 Å². The monoisotopic (exact) mass is 229 g/mol. The lowest BCUT2D eigenvalue weighted by molar-refractivity contribution is -0.0534. The van der Waals surface area contributed by atoms with Crippen LogP contribution in [0.25, 0.3) is 0 Å². The van der Waals surface area contributed by atoms with Gasteiger partial charge in [0.05, 0.1) is 13.2 Å². The van der Waals surface area contributed by atoms with E-state index in [2.05, 4.69) is 26.1 Å². The van der Waals surface area contributed by atoms with E-state index in [0.29, 0.717) is 6.04 Å². The summed E-state index contributed by atoms with van der Waals surface area (Å²) in [6.07, 6.45) is 4.70. The fourth-order valence-electron chi connectivity index (χ4n) is 1.96. The highest BCUT2D eigenvalue weighted by Crippen LogP contribution is 2.15. The van der Waals surface area contributed by atoms with Gasteiger partial charge in [0.1, 0.15) is 0 Å². The van der Waals surface area contributed by atoms with Crippen molar-refractivity contribution in [1.29, 1.82) is 0 Å². The van der Waals surface area contributed by atoms with Crippen molar-refractivity contribution in [2.24, 2.45) is 5.92 Å². The molecule has 96 valence electrons. The van der Waals surface area contributed by atoms with Crippen molar-refractivity contribution < 1.29 is 9.47 Å². The maximum atomic E-state index is 5.51. The zero-order valence-electron chi connectivity index (χ0n) is 11.0. The fourth-order valence-corrected chi connectivity index (χ4v) is 1.96. The van der Waals surface area contributed by atoms with Gasteiger partial charge in [-0.15, -0.1) is 0 Å². The Kier molecular flexibility index (Phi) is 7.01. The molecule has 1 aliphatic heterocycles. The van der Waals surface area contributed by atoms with E-state index < -0.39 is 0 Å². The first kappa shape index (κ1) is 13.9. The molecule has 0 aliphatic carbocycles. The van der Waals surface area contributed by atoms with Crippen LogP contribution in [0.15, 0.2) is 0 Å². The van der Waals surface area contributed by atoms with Crippen molar-refractivity contribution in [2.45, 2.75) is 58.8 Å². The van der Waals surface area contributed by atoms with E-state index in [1.165, 1.54) is 19.3 Å². The molecule has 1 rings (SSSR count). The highest BCUT2D eigenvalue weighted by atomic mass is 16.7. The Morgan fingerprint density at radius 1 is 1.19 bits per heavy atom. The molecule has 0 aromatic rings. The smallest absolute Gasteiger partial charge is 0.159 e.